The van der Waals surface area contributed by atoms with Gasteiger partial charge in [-0.1, -0.05) is 12.1 Å². The number of carbonyl (C=O) groups excluding carboxylic acids is 1. The lowest BCUT2D eigenvalue weighted by Crippen LogP contribution is -2.12. The van der Waals surface area contributed by atoms with Crippen molar-refractivity contribution in [2.24, 2.45) is 0 Å². The van der Waals surface area contributed by atoms with E-state index in [1.165, 1.54) is 26.0 Å². The van der Waals surface area contributed by atoms with Gasteiger partial charge in [-0.3, -0.25) is 0 Å². The number of rotatable bonds is 7. The summed E-state index contributed by atoms with van der Waals surface area (Å²) in [5, 5.41) is 0. The van der Waals surface area contributed by atoms with Crippen molar-refractivity contribution in [1.29, 1.82) is 0 Å². The van der Waals surface area contributed by atoms with E-state index in [0.717, 1.165) is 0 Å². The first-order valence-corrected chi connectivity index (χ1v) is 7.20. The normalized spacial score (nSPS) is 11.4. The van der Waals surface area contributed by atoms with Crippen LogP contribution in [0, 0.1) is 0 Å². The predicted octanol–water partition coefficient (Wildman–Crippen LogP) is 2.52. The Labute approximate surface area is 122 Å². The zero-order valence-corrected chi connectivity index (χ0v) is 12.8. The Morgan fingerprint density at radius 3 is 2.40 bits per heavy atom. The third-order valence-corrected chi connectivity index (χ3v) is 2.81. The molecule has 6 heteroatoms. The first-order valence-electron chi connectivity index (χ1n) is 5.81. The summed E-state index contributed by atoms with van der Waals surface area (Å²) < 4.78 is 20.7. The van der Waals surface area contributed by atoms with Crippen LogP contribution in [0.4, 0.5) is 0 Å². The van der Waals surface area contributed by atoms with E-state index in [2.05, 4.69) is 0 Å². The predicted molar refractivity (Wildman–Crippen MR) is 78.4 cm³/mol. The topological polar surface area (TPSA) is 54.0 Å². The molecule has 0 aliphatic carbocycles. The molecule has 0 N–H and O–H groups in total. The molecule has 0 unspecified atom stereocenters. The van der Waals surface area contributed by atoms with Crippen molar-refractivity contribution in [3.05, 3.63) is 35.6 Å². The summed E-state index contributed by atoms with van der Waals surface area (Å²) in [4.78, 5) is 12.0. The van der Waals surface area contributed by atoms with Crippen LogP contribution in [-0.2, 0) is 19.0 Å². The quantitative estimate of drug-likeness (QED) is 0.334. The van der Waals surface area contributed by atoms with Crippen molar-refractivity contribution in [1.82, 2.24) is 0 Å². The summed E-state index contributed by atoms with van der Waals surface area (Å²) in [6.45, 7) is 0. The highest BCUT2D eigenvalue weighted by Crippen LogP contribution is 2.29. The Kier molecular flexibility index (Phi) is 6.79. The van der Waals surface area contributed by atoms with Crippen LogP contribution in [0.1, 0.15) is 5.56 Å². The Morgan fingerprint density at radius 1 is 1.15 bits per heavy atom. The van der Waals surface area contributed by atoms with E-state index in [1.54, 1.807) is 19.2 Å². The van der Waals surface area contributed by atoms with Gasteiger partial charge in [-0.2, -0.15) is 0 Å². The van der Waals surface area contributed by atoms with Gasteiger partial charge in [0.25, 0.3) is 0 Å². The van der Waals surface area contributed by atoms with Gasteiger partial charge in [0.05, 0.1) is 26.9 Å². The standard InChI is InChI=1S/C14H18O5S/c1-16-11-8-6-5-7-10(11)12(17-2)13(18-3)14(15)19-9-20-4/h5-8H,9H2,1-4H3. The van der Waals surface area contributed by atoms with Gasteiger partial charge in [0, 0.05) is 0 Å². The fraction of sp³-hybridized carbons (Fsp3) is 0.357. The second kappa shape index (κ2) is 8.37. The number of carbonyl (C=O) groups is 1. The summed E-state index contributed by atoms with van der Waals surface area (Å²) in [7, 11) is 4.40. The molecule has 0 saturated heterocycles. The number of hydrogen-bond donors (Lipinski definition) is 0. The van der Waals surface area contributed by atoms with E-state index in [4.69, 9.17) is 18.9 Å². The first-order chi connectivity index (χ1) is 9.69. The van der Waals surface area contributed by atoms with E-state index in [0.29, 0.717) is 11.3 Å². The molecule has 1 aromatic rings. The summed E-state index contributed by atoms with van der Waals surface area (Å²) in [6.07, 6.45) is 1.83. The molecule has 0 aromatic heterocycles. The molecule has 20 heavy (non-hydrogen) atoms. The summed E-state index contributed by atoms with van der Waals surface area (Å²) >= 11 is 1.39. The lowest BCUT2D eigenvalue weighted by molar-refractivity contribution is -0.140. The molecular formula is C14H18O5S. The minimum atomic E-state index is -0.579. The van der Waals surface area contributed by atoms with Gasteiger partial charge in [0.2, 0.25) is 5.76 Å². The second-order valence-corrected chi connectivity index (χ2v) is 4.42. The van der Waals surface area contributed by atoms with Crippen LogP contribution in [0.15, 0.2) is 30.0 Å². The molecule has 0 radical (unpaired) electrons. The Morgan fingerprint density at radius 2 is 1.85 bits per heavy atom. The smallest absolute Gasteiger partial charge is 0.378 e. The molecular weight excluding hydrogens is 280 g/mol. The van der Waals surface area contributed by atoms with Gasteiger partial charge in [-0.25, -0.2) is 4.79 Å². The number of thioether (sulfide) groups is 1. The molecule has 0 spiro atoms. The van der Waals surface area contributed by atoms with Gasteiger partial charge in [0.1, 0.15) is 11.7 Å². The Bertz CT molecular complexity index is 484. The molecule has 0 bridgehead atoms. The molecule has 1 aromatic carbocycles. The Balaban J connectivity index is 3.24. The number of benzene rings is 1. The third-order valence-electron chi connectivity index (χ3n) is 2.46. The average molecular weight is 298 g/mol. The number of ether oxygens (including phenoxy) is 4. The summed E-state index contributed by atoms with van der Waals surface area (Å²) in [5.74, 6) is 0.525. The SMILES string of the molecule is COC(C(=O)OCSC)=C(OC)c1ccccc1OC. The minimum absolute atomic E-state index is 0.00560. The maximum Gasteiger partial charge on any atom is 0.378 e. The first kappa shape index (κ1) is 16.2. The lowest BCUT2D eigenvalue weighted by atomic mass is 10.1. The molecule has 0 atom stereocenters. The molecule has 0 amide bonds. The highest BCUT2D eigenvalue weighted by molar-refractivity contribution is 7.98. The number of para-hydroxylation sites is 1. The summed E-state index contributed by atoms with van der Waals surface area (Å²) in [6, 6.07) is 7.19. The van der Waals surface area contributed by atoms with E-state index >= 15 is 0 Å². The van der Waals surface area contributed by atoms with E-state index in [-0.39, 0.29) is 17.5 Å². The van der Waals surface area contributed by atoms with Crippen molar-refractivity contribution in [3.63, 3.8) is 0 Å². The van der Waals surface area contributed by atoms with Crippen molar-refractivity contribution >= 4 is 23.5 Å². The van der Waals surface area contributed by atoms with Gasteiger partial charge in [-0.05, 0) is 18.4 Å². The van der Waals surface area contributed by atoms with Gasteiger partial charge in [-0.15, -0.1) is 11.8 Å². The maximum absolute atomic E-state index is 12.0. The van der Waals surface area contributed by atoms with Gasteiger partial charge in [0.15, 0.2) is 5.76 Å². The van der Waals surface area contributed by atoms with Crippen LogP contribution in [0.3, 0.4) is 0 Å². The summed E-state index contributed by atoms with van der Waals surface area (Å²) in [5.41, 5.74) is 0.621. The zero-order valence-electron chi connectivity index (χ0n) is 12.0. The molecule has 110 valence electrons. The fourth-order valence-corrected chi connectivity index (χ4v) is 1.83. The monoisotopic (exact) mass is 298 g/mol. The highest BCUT2D eigenvalue weighted by Gasteiger charge is 2.22. The van der Waals surface area contributed by atoms with Crippen LogP contribution >= 0.6 is 11.8 Å². The molecule has 5 nitrogen and oxygen atoms in total. The van der Waals surface area contributed by atoms with E-state index in [1.807, 2.05) is 18.4 Å². The van der Waals surface area contributed by atoms with Crippen molar-refractivity contribution in [3.8, 4) is 5.75 Å². The van der Waals surface area contributed by atoms with Gasteiger partial charge < -0.3 is 18.9 Å². The van der Waals surface area contributed by atoms with Crippen LogP contribution in [0.5, 0.6) is 5.75 Å². The minimum Gasteiger partial charge on any atom is -0.496 e. The number of esters is 1. The third kappa shape index (κ3) is 3.84. The Hall–Kier alpha value is -1.82. The largest absolute Gasteiger partial charge is 0.496 e. The number of hydrogen-bond acceptors (Lipinski definition) is 6. The molecule has 0 saturated carbocycles. The number of methoxy groups -OCH3 is 3. The van der Waals surface area contributed by atoms with Crippen molar-refractivity contribution in [2.45, 2.75) is 0 Å². The lowest BCUT2D eigenvalue weighted by Gasteiger charge is -2.14. The average Bonchev–Trinajstić information content (AvgIpc) is 2.50. The molecule has 0 heterocycles. The van der Waals surface area contributed by atoms with Gasteiger partial charge >= 0.3 is 5.97 Å². The van der Waals surface area contributed by atoms with Crippen LogP contribution < -0.4 is 4.74 Å². The van der Waals surface area contributed by atoms with Crippen LogP contribution in [-0.4, -0.2) is 39.5 Å². The second-order valence-electron chi connectivity index (χ2n) is 3.61. The van der Waals surface area contributed by atoms with Crippen LogP contribution in [0.2, 0.25) is 0 Å². The van der Waals surface area contributed by atoms with Crippen molar-refractivity contribution < 1.29 is 23.7 Å². The van der Waals surface area contributed by atoms with Crippen molar-refractivity contribution in [2.75, 3.05) is 33.5 Å². The molecule has 0 aliphatic heterocycles. The van der Waals surface area contributed by atoms with Crippen LogP contribution in [0.25, 0.3) is 5.76 Å². The highest BCUT2D eigenvalue weighted by atomic mass is 32.2. The molecule has 0 fully saturated rings. The van der Waals surface area contributed by atoms with E-state index < -0.39 is 5.97 Å². The zero-order chi connectivity index (χ0) is 15.0. The molecule has 0 aliphatic rings. The molecule has 1 rings (SSSR count). The maximum atomic E-state index is 12.0. The van der Waals surface area contributed by atoms with E-state index in [9.17, 15) is 4.79 Å². The fourth-order valence-electron chi connectivity index (χ4n) is 1.60.